The van der Waals surface area contributed by atoms with E-state index in [9.17, 15) is 9.59 Å². The van der Waals surface area contributed by atoms with Gasteiger partial charge in [-0.05, 0) is 35.7 Å². The minimum absolute atomic E-state index is 0.186. The number of anilines is 2. The molecule has 4 aromatic rings. The Morgan fingerprint density at radius 3 is 2.06 bits per heavy atom. The Balaban J connectivity index is 1.37. The van der Waals surface area contributed by atoms with Gasteiger partial charge in [0.1, 0.15) is 9.52 Å². The largest absolute Gasteiger partial charge is 0.318 e. The van der Waals surface area contributed by atoms with Crippen molar-refractivity contribution in [1.82, 2.24) is 0 Å². The van der Waals surface area contributed by atoms with Gasteiger partial charge in [-0.1, -0.05) is 90.1 Å². The lowest BCUT2D eigenvalue weighted by Gasteiger charge is -2.28. The van der Waals surface area contributed by atoms with Crippen LogP contribution in [-0.4, -0.2) is 21.1 Å². The van der Waals surface area contributed by atoms with Gasteiger partial charge in [-0.25, -0.2) is 0 Å². The summed E-state index contributed by atoms with van der Waals surface area (Å²) in [6, 6.07) is 32.0. The highest BCUT2D eigenvalue weighted by molar-refractivity contribution is 6.58. The van der Waals surface area contributed by atoms with Crippen LogP contribution >= 0.6 is 0 Å². The summed E-state index contributed by atoms with van der Waals surface area (Å²) in [6.45, 7) is 0. The quantitative estimate of drug-likeness (QED) is 0.203. The van der Waals surface area contributed by atoms with Gasteiger partial charge in [-0.3, -0.25) is 9.59 Å². The van der Waals surface area contributed by atoms with E-state index in [1.54, 1.807) is 30.3 Å². The molecule has 34 heavy (non-hydrogen) atoms. The number of para-hydroxylation sites is 1. The first-order chi connectivity index (χ1) is 16.7. The van der Waals surface area contributed by atoms with Crippen molar-refractivity contribution in [3.8, 4) is 0 Å². The highest BCUT2D eigenvalue weighted by atomic mass is 28.2. The predicted molar refractivity (Wildman–Crippen MR) is 138 cm³/mol. The summed E-state index contributed by atoms with van der Waals surface area (Å²) in [5, 5.41) is 4.44. The molecule has 0 saturated carbocycles. The summed E-state index contributed by atoms with van der Waals surface area (Å²) in [6.07, 6.45) is 5.89. The molecule has 0 aromatic heterocycles. The first-order valence-electron chi connectivity index (χ1n) is 11.1. The normalized spacial score (nSPS) is 14.8. The molecule has 2 aliphatic rings. The lowest BCUT2D eigenvalue weighted by atomic mass is 10.1. The zero-order valence-corrected chi connectivity index (χ0v) is 19.2. The maximum Gasteiger partial charge on any atom is 0.197 e. The molecular formula is C30H19NO2Si. The fourth-order valence-corrected chi connectivity index (χ4v) is 5.77. The lowest BCUT2D eigenvalue weighted by Crippen LogP contribution is -2.20. The molecule has 0 amide bonds. The van der Waals surface area contributed by atoms with E-state index in [1.807, 2.05) is 24.3 Å². The van der Waals surface area contributed by atoms with Gasteiger partial charge >= 0.3 is 0 Å². The van der Waals surface area contributed by atoms with Crippen molar-refractivity contribution >= 4 is 43.2 Å². The molecule has 0 fully saturated rings. The van der Waals surface area contributed by atoms with Crippen LogP contribution in [0.1, 0.15) is 20.7 Å². The number of hydrogen-bond acceptors (Lipinski definition) is 3. The number of carbonyl (C=O) groups is 2. The predicted octanol–water partition coefficient (Wildman–Crippen LogP) is 6.43. The molecule has 0 bridgehead atoms. The first-order valence-corrected chi connectivity index (χ1v) is 12.1. The van der Waals surface area contributed by atoms with E-state index in [-0.39, 0.29) is 17.1 Å². The topological polar surface area (TPSA) is 37.4 Å². The van der Waals surface area contributed by atoms with Crippen LogP contribution in [0.15, 0.2) is 131 Å². The van der Waals surface area contributed by atoms with Crippen LogP contribution in [-0.2, 0) is 0 Å². The molecule has 0 spiro atoms. The van der Waals surface area contributed by atoms with Gasteiger partial charge in [-0.15, -0.1) is 0 Å². The Labute approximate surface area is 200 Å². The number of allylic oxidation sites excluding steroid dienone is 5. The van der Waals surface area contributed by atoms with Crippen molar-refractivity contribution < 1.29 is 9.59 Å². The monoisotopic (exact) mass is 453 g/mol. The Morgan fingerprint density at radius 2 is 1.29 bits per heavy atom. The number of fused-ring (bicyclic) bond motifs is 2. The van der Waals surface area contributed by atoms with Crippen molar-refractivity contribution in [3.63, 3.8) is 0 Å². The molecule has 0 unspecified atom stereocenters. The molecule has 1 aliphatic carbocycles. The van der Waals surface area contributed by atoms with Crippen molar-refractivity contribution in [1.29, 1.82) is 0 Å². The van der Waals surface area contributed by atoms with Gasteiger partial charge in [0.25, 0.3) is 0 Å². The molecular weight excluding hydrogens is 434 g/mol. The van der Waals surface area contributed by atoms with Gasteiger partial charge in [0.05, 0.1) is 11.3 Å². The minimum Gasteiger partial charge on any atom is -0.318 e. The Bertz CT molecular complexity index is 1520. The van der Waals surface area contributed by atoms with E-state index in [4.69, 9.17) is 0 Å². The molecule has 1 aliphatic heterocycles. The van der Waals surface area contributed by atoms with E-state index < -0.39 is 0 Å². The van der Waals surface area contributed by atoms with E-state index in [2.05, 4.69) is 65.6 Å². The van der Waals surface area contributed by atoms with E-state index in [0.29, 0.717) is 20.6 Å². The number of benzene rings is 4. The van der Waals surface area contributed by atoms with Gasteiger partial charge in [0, 0.05) is 27.5 Å². The van der Waals surface area contributed by atoms with Crippen LogP contribution in [0.5, 0.6) is 0 Å². The van der Waals surface area contributed by atoms with Gasteiger partial charge in [0.2, 0.25) is 0 Å². The second-order valence-electron chi connectivity index (χ2n) is 8.23. The maximum atomic E-state index is 12.9. The van der Waals surface area contributed by atoms with Crippen molar-refractivity contribution in [3.05, 3.63) is 143 Å². The maximum absolute atomic E-state index is 12.9. The highest BCUT2D eigenvalue weighted by Gasteiger charge is 2.33. The van der Waals surface area contributed by atoms with Gasteiger partial charge < -0.3 is 4.90 Å². The molecule has 0 saturated heterocycles. The molecule has 160 valence electrons. The average Bonchev–Trinajstić information content (AvgIpc) is 3.44. The SMILES string of the molecule is O=C1C(=CC2=CC=C(N(c3ccccc3)c3cccc4ccccc34)[Si]2)C(=O)c2ccccc21. The molecule has 1 heterocycles. The summed E-state index contributed by atoms with van der Waals surface area (Å²) in [4.78, 5) is 28.0. The third-order valence-corrected chi connectivity index (χ3v) is 7.41. The Hall–Kier alpha value is -4.28. The lowest BCUT2D eigenvalue weighted by molar-refractivity contribution is 0.0988. The molecule has 2 radical (unpaired) electrons. The Morgan fingerprint density at radius 1 is 0.647 bits per heavy atom. The van der Waals surface area contributed by atoms with Crippen LogP contribution in [0.4, 0.5) is 11.4 Å². The molecule has 3 nitrogen and oxygen atoms in total. The third-order valence-electron chi connectivity index (χ3n) is 6.16. The molecule has 0 atom stereocenters. The Kier molecular flexibility index (Phi) is 4.93. The van der Waals surface area contributed by atoms with Crippen LogP contribution in [0.25, 0.3) is 10.8 Å². The number of rotatable bonds is 4. The molecule has 6 rings (SSSR count). The van der Waals surface area contributed by atoms with Crippen molar-refractivity contribution in [2.24, 2.45) is 0 Å². The van der Waals surface area contributed by atoms with E-state index >= 15 is 0 Å². The fourth-order valence-electron chi connectivity index (χ4n) is 4.56. The summed E-state index contributed by atoms with van der Waals surface area (Å²) in [5.74, 6) is -0.373. The fraction of sp³-hybridized carbons (Fsp3) is 0. The van der Waals surface area contributed by atoms with E-state index in [1.165, 1.54) is 10.8 Å². The summed E-state index contributed by atoms with van der Waals surface area (Å²) in [7, 11) is 0.313. The second-order valence-corrected chi connectivity index (χ2v) is 9.57. The van der Waals surface area contributed by atoms with Gasteiger partial charge in [0.15, 0.2) is 11.6 Å². The van der Waals surface area contributed by atoms with Crippen LogP contribution in [0.3, 0.4) is 0 Å². The highest BCUT2D eigenvalue weighted by Crippen LogP contribution is 2.37. The minimum atomic E-state index is -0.186. The van der Waals surface area contributed by atoms with Crippen LogP contribution < -0.4 is 4.90 Å². The summed E-state index contributed by atoms with van der Waals surface area (Å²) >= 11 is 0. The second kappa shape index (κ2) is 8.25. The van der Waals surface area contributed by atoms with Crippen LogP contribution in [0.2, 0.25) is 0 Å². The number of hydrogen-bond donors (Lipinski definition) is 0. The number of Topliss-reactive ketones (excluding diaryl/α,β-unsaturated/α-hetero) is 2. The average molecular weight is 454 g/mol. The summed E-state index contributed by atoms with van der Waals surface area (Å²) in [5.41, 5.74) is 3.42. The van der Waals surface area contributed by atoms with Crippen LogP contribution in [0, 0.1) is 0 Å². The summed E-state index contributed by atoms with van der Waals surface area (Å²) < 4.78 is 0. The zero-order chi connectivity index (χ0) is 23.1. The van der Waals surface area contributed by atoms with Crippen molar-refractivity contribution in [2.75, 3.05) is 4.90 Å². The smallest absolute Gasteiger partial charge is 0.197 e. The third kappa shape index (κ3) is 3.36. The standard InChI is InChI=1S/C30H19NO2Si/c32-29-24-14-6-7-15-25(24)30(33)26(29)19-22-17-18-28(34-22)31(21-11-2-1-3-12-21)27-16-8-10-20-9-4-5-13-23(20)27/h1-19H. The zero-order valence-electron chi connectivity index (χ0n) is 18.2. The number of nitrogens with zero attached hydrogens (tertiary/aromatic N) is 1. The van der Waals surface area contributed by atoms with Crippen molar-refractivity contribution in [2.45, 2.75) is 0 Å². The number of carbonyl (C=O) groups excluding carboxylic acids is 2. The molecule has 0 N–H and O–H groups in total. The molecule has 4 aromatic carbocycles. The molecule has 4 heteroatoms. The van der Waals surface area contributed by atoms with E-state index in [0.717, 1.165) is 21.9 Å². The first kappa shape index (κ1) is 20.3. The van der Waals surface area contributed by atoms with Gasteiger partial charge in [-0.2, -0.15) is 0 Å². The number of ketones is 2.